The SMILES string of the molecule is COc1ccc(OCCNC(=O)CCNS(=O)(=O)c2ccc(C)cc2)cc1. The molecule has 0 aromatic heterocycles. The molecule has 2 aromatic carbocycles. The van der Waals surface area contributed by atoms with E-state index in [-0.39, 0.29) is 23.8 Å². The molecule has 146 valence electrons. The van der Waals surface area contributed by atoms with Crippen LogP contribution in [0.1, 0.15) is 12.0 Å². The second-order valence-electron chi connectivity index (χ2n) is 5.83. The van der Waals surface area contributed by atoms with Crippen molar-refractivity contribution in [3.8, 4) is 11.5 Å². The quantitative estimate of drug-likeness (QED) is 0.602. The minimum absolute atomic E-state index is 0.0291. The van der Waals surface area contributed by atoms with Crippen LogP contribution in [0.5, 0.6) is 11.5 Å². The average Bonchev–Trinajstić information content (AvgIpc) is 2.66. The van der Waals surface area contributed by atoms with E-state index in [1.807, 2.05) is 6.92 Å². The lowest BCUT2D eigenvalue weighted by atomic mass is 10.2. The van der Waals surface area contributed by atoms with Gasteiger partial charge in [-0.05, 0) is 43.3 Å². The van der Waals surface area contributed by atoms with E-state index >= 15 is 0 Å². The van der Waals surface area contributed by atoms with Gasteiger partial charge in [-0.3, -0.25) is 4.79 Å². The van der Waals surface area contributed by atoms with Crippen LogP contribution in [0, 0.1) is 6.92 Å². The first-order valence-electron chi connectivity index (χ1n) is 8.50. The number of nitrogens with one attached hydrogen (secondary N) is 2. The van der Waals surface area contributed by atoms with E-state index in [4.69, 9.17) is 9.47 Å². The molecule has 0 spiro atoms. The maximum Gasteiger partial charge on any atom is 0.240 e. The van der Waals surface area contributed by atoms with E-state index in [0.29, 0.717) is 18.9 Å². The largest absolute Gasteiger partial charge is 0.497 e. The minimum Gasteiger partial charge on any atom is -0.497 e. The number of hydrogen-bond donors (Lipinski definition) is 2. The number of carbonyl (C=O) groups is 1. The highest BCUT2D eigenvalue weighted by molar-refractivity contribution is 7.89. The fourth-order valence-electron chi connectivity index (χ4n) is 2.22. The van der Waals surface area contributed by atoms with E-state index in [0.717, 1.165) is 11.3 Å². The van der Waals surface area contributed by atoms with Crippen LogP contribution in [0.2, 0.25) is 0 Å². The van der Waals surface area contributed by atoms with Crippen LogP contribution in [0.3, 0.4) is 0 Å². The van der Waals surface area contributed by atoms with Crippen LogP contribution >= 0.6 is 0 Å². The van der Waals surface area contributed by atoms with Crippen molar-refractivity contribution < 1.29 is 22.7 Å². The molecule has 0 aliphatic carbocycles. The predicted octanol–water partition coefficient (Wildman–Crippen LogP) is 1.87. The maximum atomic E-state index is 12.1. The first-order valence-corrected chi connectivity index (χ1v) is 9.99. The summed E-state index contributed by atoms with van der Waals surface area (Å²) in [6, 6.07) is 13.7. The highest BCUT2D eigenvalue weighted by Crippen LogP contribution is 2.16. The Morgan fingerprint density at radius 3 is 2.22 bits per heavy atom. The highest BCUT2D eigenvalue weighted by Gasteiger charge is 2.13. The molecule has 8 heteroatoms. The normalized spacial score (nSPS) is 11.0. The minimum atomic E-state index is -3.60. The Hall–Kier alpha value is -2.58. The molecule has 0 radical (unpaired) electrons. The summed E-state index contributed by atoms with van der Waals surface area (Å²) in [5.74, 6) is 1.17. The summed E-state index contributed by atoms with van der Waals surface area (Å²) in [5.41, 5.74) is 0.977. The summed E-state index contributed by atoms with van der Waals surface area (Å²) in [6.07, 6.45) is 0.0492. The van der Waals surface area contributed by atoms with Crippen molar-refractivity contribution in [2.24, 2.45) is 0 Å². The molecule has 0 aliphatic heterocycles. The molecule has 0 fully saturated rings. The van der Waals surface area contributed by atoms with E-state index in [1.54, 1.807) is 43.5 Å². The number of sulfonamides is 1. The zero-order valence-corrected chi connectivity index (χ0v) is 16.2. The van der Waals surface area contributed by atoms with Gasteiger partial charge in [0.25, 0.3) is 0 Å². The Balaban J connectivity index is 1.65. The number of carbonyl (C=O) groups excluding carboxylic acids is 1. The third-order valence-electron chi connectivity index (χ3n) is 3.73. The molecular weight excluding hydrogens is 368 g/mol. The van der Waals surface area contributed by atoms with E-state index in [1.165, 1.54) is 12.1 Å². The molecule has 0 saturated heterocycles. The Morgan fingerprint density at radius 2 is 1.59 bits per heavy atom. The van der Waals surface area contributed by atoms with Crippen molar-refractivity contribution in [2.75, 3.05) is 26.8 Å². The second kappa shape index (κ2) is 9.94. The van der Waals surface area contributed by atoms with E-state index in [2.05, 4.69) is 10.0 Å². The van der Waals surface area contributed by atoms with Gasteiger partial charge in [0.05, 0.1) is 18.6 Å². The first kappa shape index (κ1) is 20.7. The molecule has 2 N–H and O–H groups in total. The lowest BCUT2D eigenvalue weighted by molar-refractivity contribution is -0.121. The second-order valence-corrected chi connectivity index (χ2v) is 7.60. The van der Waals surface area contributed by atoms with Crippen molar-refractivity contribution >= 4 is 15.9 Å². The van der Waals surface area contributed by atoms with Crippen LogP contribution in [-0.4, -0.2) is 41.1 Å². The number of hydrogen-bond acceptors (Lipinski definition) is 5. The summed E-state index contributed by atoms with van der Waals surface area (Å²) in [4.78, 5) is 12.0. The summed E-state index contributed by atoms with van der Waals surface area (Å²) in [7, 11) is -2.02. The van der Waals surface area contributed by atoms with Crippen molar-refractivity contribution in [3.63, 3.8) is 0 Å². The monoisotopic (exact) mass is 392 g/mol. The van der Waals surface area contributed by atoms with Gasteiger partial charge in [-0.15, -0.1) is 0 Å². The highest BCUT2D eigenvalue weighted by atomic mass is 32.2. The number of amides is 1. The number of rotatable bonds is 10. The first-order chi connectivity index (χ1) is 12.9. The van der Waals surface area contributed by atoms with Crippen molar-refractivity contribution in [3.05, 3.63) is 54.1 Å². The molecule has 0 bridgehead atoms. The van der Waals surface area contributed by atoms with Crippen molar-refractivity contribution in [2.45, 2.75) is 18.2 Å². The van der Waals surface area contributed by atoms with E-state index in [9.17, 15) is 13.2 Å². The fourth-order valence-corrected chi connectivity index (χ4v) is 3.25. The number of benzene rings is 2. The molecule has 27 heavy (non-hydrogen) atoms. The van der Waals surface area contributed by atoms with Gasteiger partial charge in [0.1, 0.15) is 18.1 Å². The molecule has 0 unspecified atom stereocenters. The Kier molecular flexibility index (Phi) is 7.63. The molecule has 0 atom stereocenters. The van der Waals surface area contributed by atoms with Gasteiger partial charge in [-0.1, -0.05) is 17.7 Å². The van der Waals surface area contributed by atoms with Crippen LogP contribution in [-0.2, 0) is 14.8 Å². The molecule has 2 aromatic rings. The average molecular weight is 392 g/mol. The molecule has 1 amide bonds. The van der Waals surface area contributed by atoms with Crippen molar-refractivity contribution in [1.29, 1.82) is 0 Å². The predicted molar refractivity (Wildman–Crippen MR) is 102 cm³/mol. The van der Waals surface area contributed by atoms with Crippen LogP contribution < -0.4 is 19.5 Å². The Labute approximate surface area is 159 Å². The van der Waals surface area contributed by atoms with Crippen LogP contribution in [0.25, 0.3) is 0 Å². The third kappa shape index (κ3) is 6.92. The van der Waals surface area contributed by atoms with Gasteiger partial charge in [0.15, 0.2) is 0 Å². The smallest absolute Gasteiger partial charge is 0.240 e. The van der Waals surface area contributed by atoms with Crippen molar-refractivity contribution in [1.82, 2.24) is 10.0 Å². The lowest BCUT2D eigenvalue weighted by Gasteiger charge is -2.09. The molecule has 0 saturated carbocycles. The number of methoxy groups -OCH3 is 1. The van der Waals surface area contributed by atoms with Gasteiger partial charge in [-0.25, -0.2) is 13.1 Å². The standard InChI is InChI=1S/C19H24N2O5S/c1-15-3-9-18(10-4-15)27(23,24)21-12-11-19(22)20-13-14-26-17-7-5-16(25-2)6-8-17/h3-10,21H,11-14H2,1-2H3,(H,20,22). The van der Waals surface area contributed by atoms with Crippen LogP contribution in [0.4, 0.5) is 0 Å². The zero-order valence-electron chi connectivity index (χ0n) is 15.4. The van der Waals surface area contributed by atoms with Gasteiger partial charge in [0.2, 0.25) is 15.9 Å². The van der Waals surface area contributed by atoms with Gasteiger partial charge >= 0.3 is 0 Å². The molecule has 0 aliphatic rings. The number of ether oxygens (including phenoxy) is 2. The topological polar surface area (TPSA) is 93.7 Å². The molecule has 7 nitrogen and oxygen atoms in total. The molecule has 0 heterocycles. The summed E-state index contributed by atoms with van der Waals surface area (Å²) >= 11 is 0. The lowest BCUT2D eigenvalue weighted by Crippen LogP contribution is -2.32. The number of aryl methyl sites for hydroxylation is 1. The zero-order chi connectivity index (χ0) is 19.7. The van der Waals surface area contributed by atoms with Gasteiger partial charge in [0, 0.05) is 13.0 Å². The van der Waals surface area contributed by atoms with Gasteiger partial charge in [-0.2, -0.15) is 0 Å². The van der Waals surface area contributed by atoms with Gasteiger partial charge < -0.3 is 14.8 Å². The summed E-state index contributed by atoms with van der Waals surface area (Å²) < 4.78 is 37.2. The molecular formula is C19H24N2O5S. The van der Waals surface area contributed by atoms with Crippen LogP contribution in [0.15, 0.2) is 53.4 Å². The summed E-state index contributed by atoms with van der Waals surface area (Å²) in [6.45, 7) is 2.55. The maximum absolute atomic E-state index is 12.1. The summed E-state index contributed by atoms with van der Waals surface area (Å²) in [5, 5.41) is 2.69. The van der Waals surface area contributed by atoms with E-state index < -0.39 is 10.0 Å². The molecule has 2 rings (SSSR count). The third-order valence-corrected chi connectivity index (χ3v) is 5.20. The Morgan fingerprint density at radius 1 is 0.963 bits per heavy atom. The Bertz CT molecular complexity index is 833. The fraction of sp³-hybridized carbons (Fsp3) is 0.316.